The molecule has 6 nitrogen and oxygen atoms in total. The maximum Gasteiger partial charge on any atom is 0.321 e. The minimum absolute atomic E-state index is 0.0998. The van der Waals surface area contributed by atoms with E-state index in [-0.39, 0.29) is 18.0 Å². The van der Waals surface area contributed by atoms with E-state index in [0.29, 0.717) is 25.2 Å². The Labute approximate surface area is 163 Å². The Bertz CT molecular complexity index is 802. The van der Waals surface area contributed by atoms with Gasteiger partial charge in [0.05, 0.1) is 6.04 Å². The highest BCUT2D eigenvalue weighted by atomic mass is 32.1. The van der Waals surface area contributed by atoms with E-state index in [1.807, 2.05) is 12.1 Å². The van der Waals surface area contributed by atoms with Crippen LogP contribution in [-0.2, 0) is 0 Å². The van der Waals surface area contributed by atoms with Gasteiger partial charge in [0.25, 0.3) is 5.91 Å². The van der Waals surface area contributed by atoms with Crippen molar-refractivity contribution < 1.29 is 9.59 Å². The van der Waals surface area contributed by atoms with Gasteiger partial charge in [0.1, 0.15) is 0 Å². The Morgan fingerprint density at radius 2 is 2.04 bits per heavy atom. The van der Waals surface area contributed by atoms with E-state index in [0.717, 1.165) is 18.8 Å². The van der Waals surface area contributed by atoms with Crippen molar-refractivity contribution >= 4 is 29.0 Å². The maximum atomic E-state index is 12.7. The van der Waals surface area contributed by atoms with Crippen molar-refractivity contribution in [2.75, 3.05) is 37.6 Å². The molecular formula is C20H24N4O2S. The molecule has 2 fully saturated rings. The summed E-state index contributed by atoms with van der Waals surface area (Å²) in [6, 6.07) is 11.6. The summed E-state index contributed by atoms with van der Waals surface area (Å²) in [7, 11) is 0. The molecule has 2 aliphatic rings. The van der Waals surface area contributed by atoms with Gasteiger partial charge in [-0.2, -0.15) is 0 Å². The number of carbonyl (C=O) groups is 2. The number of nitrogens with zero attached hydrogens (tertiary/aromatic N) is 2. The molecule has 142 valence electrons. The van der Waals surface area contributed by atoms with E-state index < -0.39 is 0 Å². The van der Waals surface area contributed by atoms with Gasteiger partial charge in [-0.25, -0.2) is 4.79 Å². The van der Waals surface area contributed by atoms with Crippen molar-refractivity contribution in [1.29, 1.82) is 0 Å². The van der Waals surface area contributed by atoms with E-state index >= 15 is 0 Å². The van der Waals surface area contributed by atoms with E-state index in [4.69, 9.17) is 0 Å². The molecule has 0 saturated carbocycles. The molecule has 2 N–H and O–H groups in total. The summed E-state index contributed by atoms with van der Waals surface area (Å²) in [6.45, 7) is 4.01. The number of anilines is 1. The Hall–Kier alpha value is -2.38. The van der Waals surface area contributed by atoms with Crippen LogP contribution in [-0.4, -0.2) is 49.6 Å². The number of hydrogen-bond acceptors (Lipinski definition) is 4. The minimum Gasteiger partial charge on any atom is -0.350 e. The quantitative estimate of drug-likeness (QED) is 0.805. The van der Waals surface area contributed by atoms with Gasteiger partial charge in [0, 0.05) is 35.8 Å². The third-order valence-corrected chi connectivity index (χ3v) is 6.16. The van der Waals surface area contributed by atoms with E-state index in [1.165, 1.54) is 17.7 Å². The summed E-state index contributed by atoms with van der Waals surface area (Å²) in [6.07, 6.45) is 2.44. The fourth-order valence-electron chi connectivity index (χ4n) is 3.77. The number of urea groups is 1. The van der Waals surface area contributed by atoms with Crippen LogP contribution >= 0.6 is 11.3 Å². The first kappa shape index (κ1) is 18.0. The number of carbonyl (C=O) groups excluding carboxylic acids is 2. The second kappa shape index (κ2) is 8.10. The zero-order valence-corrected chi connectivity index (χ0v) is 16.0. The molecule has 7 heteroatoms. The van der Waals surface area contributed by atoms with Crippen LogP contribution in [0.3, 0.4) is 0 Å². The smallest absolute Gasteiger partial charge is 0.321 e. The number of rotatable bonds is 6. The number of benzene rings is 1. The molecule has 0 spiro atoms. The Morgan fingerprint density at radius 3 is 2.74 bits per heavy atom. The van der Waals surface area contributed by atoms with Gasteiger partial charge >= 0.3 is 6.03 Å². The molecule has 1 aromatic heterocycles. The molecular weight excluding hydrogens is 360 g/mol. The van der Waals surface area contributed by atoms with Gasteiger partial charge in [-0.15, -0.1) is 11.3 Å². The van der Waals surface area contributed by atoms with Crippen molar-refractivity contribution in [2.24, 2.45) is 0 Å². The highest BCUT2D eigenvalue weighted by Crippen LogP contribution is 2.28. The summed E-state index contributed by atoms with van der Waals surface area (Å²) in [5.41, 5.74) is 1.34. The zero-order chi connectivity index (χ0) is 18.6. The molecule has 2 saturated heterocycles. The molecule has 1 atom stereocenters. The normalized spacial score (nSPS) is 18.5. The van der Waals surface area contributed by atoms with Gasteiger partial charge in [-0.1, -0.05) is 12.1 Å². The molecule has 1 unspecified atom stereocenters. The van der Waals surface area contributed by atoms with Crippen LogP contribution in [0.2, 0.25) is 0 Å². The fourth-order valence-corrected chi connectivity index (χ4v) is 4.63. The first-order chi connectivity index (χ1) is 13.2. The summed E-state index contributed by atoms with van der Waals surface area (Å²) >= 11 is 1.74. The summed E-state index contributed by atoms with van der Waals surface area (Å²) in [5, 5.41) is 7.97. The van der Waals surface area contributed by atoms with Crippen molar-refractivity contribution in [3.63, 3.8) is 0 Å². The van der Waals surface area contributed by atoms with E-state index in [1.54, 1.807) is 28.4 Å². The lowest BCUT2D eigenvalue weighted by Crippen LogP contribution is -2.36. The lowest BCUT2D eigenvalue weighted by molar-refractivity contribution is 0.0938. The standard InChI is InChI=1S/C20H24N4O2S/c25-19(15-5-3-6-16(13-15)24-11-8-21-20(24)26)22-14-17(18-7-4-12-27-18)23-9-1-2-10-23/h3-7,12-13,17H,1-2,8-11,14H2,(H,21,26)(H,22,25). The van der Waals surface area contributed by atoms with Crippen molar-refractivity contribution in [3.05, 3.63) is 52.2 Å². The molecule has 27 heavy (non-hydrogen) atoms. The number of amides is 3. The van der Waals surface area contributed by atoms with Crippen LogP contribution in [0.25, 0.3) is 0 Å². The fraction of sp³-hybridized carbons (Fsp3) is 0.400. The largest absolute Gasteiger partial charge is 0.350 e. The molecule has 0 radical (unpaired) electrons. The number of thiophene rings is 1. The maximum absolute atomic E-state index is 12.7. The minimum atomic E-state index is -0.112. The molecule has 3 amide bonds. The van der Waals surface area contributed by atoms with E-state index in [2.05, 4.69) is 33.0 Å². The van der Waals surface area contributed by atoms with E-state index in [9.17, 15) is 9.59 Å². The number of nitrogens with one attached hydrogen (secondary N) is 2. The van der Waals surface area contributed by atoms with Crippen LogP contribution in [0.5, 0.6) is 0 Å². The zero-order valence-electron chi connectivity index (χ0n) is 15.2. The lowest BCUT2D eigenvalue weighted by atomic mass is 10.1. The third-order valence-electron chi connectivity index (χ3n) is 5.19. The van der Waals surface area contributed by atoms with Crippen molar-refractivity contribution in [1.82, 2.24) is 15.5 Å². The SMILES string of the molecule is O=C(NCC(c1cccs1)N1CCCC1)c1cccc(N2CCNC2=O)c1. The van der Waals surface area contributed by atoms with Gasteiger partial charge in [-0.05, 0) is 55.6 Å². The molecule has 3 heterocycles. The van der Waals surface area contributed by atoms with Gasteiger partial charge in [-0.3, -0.25) is 14.6 Å². The highest BCUT2D eigenvalue weighted by molar-refractivity contribution is 7.10. The average molecular weight is 385 g/mol. The van der Waals surface area contributed by atoms with Gasteiger partial charge < -0.3 is 10.6 Å². The summed E-state index contributed by atoms with van der Waals surface area (Å²) < 4.78 is 0. The first-order valence-corrected chi connectivity index (χ1v) is 10.3. The lowest BCUT2D eigenvalue weighted by Gasteiger charge is -2.27. The summed E-state index contributed by atoms with van der Waals surface area (Å²) in [5.74, 6) is -0.0998. The predicted octanol–water partition coefficient (Wildman–Crippen LogP) is 2.84. The molecule has 0 aliphatic carbocycles. The predicted molar refractivity (Wildman–Crippen MR) is 107 cm³/mol. The number of hydrogen-bond donors (Lipinski definition) is 2. The Kier molecular flexibility index (Phi) is 5.40. The molecule has 2 aliphatic heterocycles. The summed E-state index contributed by atoms with van der Waals surface area (Å²) in [4.78, 5) is 30.0. The van der Waals surface area contributed by atoms with Crippen molar-refractivity contribution in [3.8, 4) is 0 Å². The third kappa shape index (κ3) is 3.99. The van der Waals surface area contributed by atoms with Crippen LogP contribution in [0.1, 0.15) is 34.1 Å². The van der Waals surface area contributed by atoms with Crippen LogP contribution in [0.15, 0.2) is 41.8 Å². The molecule has 4 rings (SSSR count). The average Bonchev–Trinajstić information content (AvgIpc) is 3.45. The second-order valence-electron chi connectivity index (χ2n) is 6.92. The van der Waals surface area contributed by atoms with Crippen LogP contribution in [0, 0.1) is 0 Å². The molecule has 1 aromatic carbocycles. The molecule has 2 aromatic rings. The monoisotopic (exact) mass is 384 g/mol. The number of likely N-dealkylation sites (tertiary alicyclic amines) is 1. The van der Waals surface area contributed by atoms with Crippen LogP contribution in [0.4, 0.5) is 10.5 Å². The molecule has 0 bridgehead atoms. The highest BCUT2D eigenvalue weighted by Gasteiger charge is 2.25. The Balaban J connectivity index is 1.44. The first-order valence-electron chi connectivity index (χ1n) is 9.43. The Morgan fingerprint density at radius 1 is 1.19 bits per heavy atom. The van der Waals surface area contributed by atoms with Crippen molar-refractivity contribution in [2.45, 2.75) is 18.9 Å². The van der Waals surface area contributed by atoms with Gasteiger partial charge in [0.15, 0.2) is 0 Å². The second-order valence-corrected chi connectivity index (χ2v) is 7.90. The topological polar surface area (TPSA) is 64.7 Å². The van der Waals surface area contributed by atoms with Crippen LogP contribution < -0.4 is 15.5 Å². The van der Waals surface area contributed by atoms with Gasteiger partial charge in [0.2, 0.25) is 0 Å².